The second kappa shape index (κ2) is 6.83. The van der Waals surface area contributed by atoms with Gasteiger partial charge in [-0.3, -0.25) is 10.1 Å². The zero-order valence-corrected chi connectivity index (χ0v) is 11.7. The van der Waals surface area contributed by atoms with Crippen molar-refractivity contribution in [2.45, 2.75) is 19.4 Å². The second-order valence-corrected chi connectivity index (χ2v) is 4.57. The Morgan fingerprint density at radius 2 is 2.21 bits per heavy atom. The Kier molecular flexibility index (Phi) is 5.43. The lowest BCUT2D eigenvalue weighted by Crippen LogP contribution is -2.24. The number of anilines is 2. The topological polar surface area (TPSA) is 96.2 Å². The van der Waals surface area contributed by atoms with Crippen molar-refractivity contribution >= 4 is 17.5 Å². The molecule has 1 aromatic heterocycles. The molecule has 1 atom stereocenters. The zero-order valence-electron chi connectivity index (χ0n) is 11.7. The van der Waals surface area contributed by atoms with E-state index < -0.39 is 4.92 Å². The molecule has 1 aromatic rings. The average Bonchev–Trinajstić information content (AvgIpc) is 2.35. The molecule has 0 amide bonds. The summed E-state index contributed by atoms with van der Waals surface area (Å²) in [6.45, 7) is 2.86. The van der Waals surface area contributed by atoms with Crippen molar-refractivity contribution in [3.8, 4) is 0 Å². The predicted octanol–water partition coefficient (Wildman–Crippen LogP) is 1.18. The van der Waals surface area contributed by atoms with Gasteiger partial charge in [0.1, 0.15) is 6.20 Å². The number of rotatable bonds is 7. The molecule has 8 nitrogen and oxygen atoms in total. The summed E-state index contributed by atoms with van der Waals surface area (Å²) < 4.78 is 0. The Balaban J connectivity index is 2.82. The van der Waals surface area contributed by atoms with Crippen LogP contribution >= 0.6 is 0 Å². The minimum atomic E-state index is -0.486. The number of aromatic nitrogens is 2. The highest BCUT2D eigenvalue weighted by Gasteiger charge is 2.18. The van der Waals surface area contributed by atoms with E-state index in [9.17, 15) is 10.1 Å². The summed E-state index contributed by atoms with van der Waals surface area (Å²) in [4.78, 5) is 20.4. The van der Waals surface area contributed by atoms with Crippen molar-refractivity contribution in [1.29, 1.82) is 0 Å². The van der Waals surface area contributed by atoms with Crippen LogP contribution in [-0.2, 0) is 0 Å². The fourth-order valence-electron chi connectivity index (χ4n) is 1.49. The molecule has 2 N–H and O–H groups in total. The van der Waals surface area contributed by atoms with Crippen molar-refractivity contribution in [3.05, 3.63) is 16.3 Å². The molecule has 0 spiro atoms. The molecule has 19 heavy (non-hydrogen) atoms. The maximum Gasteiger partial charge on any atom is 0.329 e. The van der Waals surface area contributed by atoms with Crippen LogP contribution in [0.3, 0.4) is 0 Å². The monoisotopic (exact) mass is 268 g/mol. The van der Waals surface area contributed by atoms with Gasteiger partial charge >= 0.3 is 5.69 Å². The highest BCUT2D eigenvalue weighted by atomic mass is 16.6. The zero-order chi connectivity index (χ0) is 14.4. The molecule has 0 saturated carbocycles. The van der Waals surface area contributed by atoms with Crippen LogP contribution in [0.1, 0.15) is 13.3 Å². The standard InChI is InChI=1S/C11H20N6O2/c1-8(5-6-16(3)4)14-10-9(17(18)19)7-13-11(12-2)15-10/h7-8H,5-6H2,1-4H3,(H2,12,13,14,15). The fraction of sp³-hybridized carbons (Fsp3) is 0.636. The fourth-order valence-corrected chi connectivity index (χ4v) is 1.49. The van der Waals surface area contributed by atoms with Gasteiger partial charge < -0.3 is 15.5 Å². The van der Waals surface area contributed by atoms with Gasteiger partial charge in [0, 0.05) is 13.1 Å². The van der Waals surface area contributed by atoms with E-state index in [0.29, 0.717) is 5.95 Å². The van der Waals surface area contributed by atoms with E-state index in [0.717, 1.165) is 13.0 Å². The van der Waals surface area contributed by atoms with Gasteiger partial charge in [0.15, 0.2) is 0 Å². The first-order valence-electron chi connectivity index (χ1n) is 6.04. The maximum atomic E-state index is 10.9. The summed E-state index contributed by atoms with van der Waals surface area (Å²) in [6, 6.07) is 0.0840. The molecule has 0 aliphatic rings. The van der Waals surface area contributed by atoms with Crippen LogP contribution in [0.15, 0.2) is 6.20 Å². The van der Waals surface area contributed by atoms with E-state index >= 15 is 0 Å². The first-order valence-corrected chi connectivity index (χ1v) is 6.04. The van der Waals surface area contributed by atoms with Crippen molar-refractivity contribution < 1.29 is 4.92 Å². The van der Waals surface area contributed by atoms with E-state index in [2.05, 4.69) is 25.5 Å². The Morgan fingerprint density at radius 1 is 1.53 bits per heavy atom. The van der Waals surface area contributed by atoms with Gasteiger partial charge in [0.05, 0.1) is 4.92 Å². The van der Waals surface area contributed by atoms with Crippen LogP contribution in [0.4, 0.5) is 17.5 Å². The lowest BCUT2D eigenvalue weighted by Gasteiger charge is -2.17. The molecule has 0 fully saturated rings. The summed E-state index contributed by atoms with van der Waals surface area (Å²) >= 11 is 0. The number of nitro groups is 1. The third-order valence-corrected chi connectivity index (χ3v) is 2.58. The van der Waals surface area contributed by atoms with Gasteiger partial charge in [-0.05, 0) is 34.0 Å². The summed E-state index contributed by atoms with van der Waals surface area (Å²) in [5.74, 6) is 0.600. The minimum absolute atomic E-state index is 0.0840. The molecule has 0 aromatic carbocycles. The normalized spacial score (nSPS) is 12.3. The second-order valence-electron chi connectivity index (χ2n) is 4.57. The summed E-state index contributed by atoms with van der Waals surface area (Å²) in [5.41, 5.74) is -0.115. The third kappa shape index (κ3) is 4.66. The number of hydrogen-bond acceptors (Lipinski definition) is 7. The molecular weight excluding hydrogens is 248 g/mol. The first kappa shape index (κ1) is 15.1. The van der Waals surface area contributed by atoms with Gasteiger partial charge in [-0.15, -0.1) is 0 Å². The molecule has 0 saturated heterocycles. The molecule has 1 heterocycles. The Bertz CT molecular complexity index is 437. The van der Waals surface area contributed by atoms with Crippen molar-refractivity contribution in [3.63, 3.8) is 0 Å². The van der Waals surface area contributed by atoms with E-state index in [-0.39, 0.29) is 17.5 Å². The highest BCUT2D eigenvalue weighted by molar-refractivity contribution is 5.57. The van der Waals surface area contributed by atoms with Crippen molar-refractivity contribution in [1.82, 2.24) is 14.9 Å². The van der Waals surface area contributed by atoms with Crippen LogP contribution in [0.25, 0.3) is 0 Å². The first-order chi connectivity index (χ1) is 8.93. The largest absolute Gasteiger partial charge is 0.362 e. The predicted molar refractivity (Wildman–Crippen MR) is 74.5 cm³/mol. The molecule has 1 rings (SSSR count). The summed E-state index contributed by atoms with van der Waals surface area (Å²) in [6.07, 6.45) is 2.07. The minimum Gasteiger partial charge on any atom is -0.362 e. The van der Waals surface area contributed by atoms with Gasteiger partial charge in [0.25, 0.3) is 0 Å². The third-order valence-electron chi connectivity index (χ3n) is 2.58. The van der Waals surface area contributed by atoms with Gasteiger partial charge in [-0.2, -0.15) is 4.98 Å². The molecule has 0 aliphatic heterocycles. The molecule has 106 valence electrons. The van der Waals surface area contributed by atoms with E-state index in [1.807, 2.05) is 21.0 Å². The summed E-state index contributed by atoms with van der Waals surface area (Å²) in [7, 11) is 5.64. The Hall–Kier alpha value is -1.96. The van der Waals surface area contributed by atoms with Crippen molar-refractivity contribution in [2.75, 3.05) is 38.3 Å². The number of hydrogen-bond donors (Lipinski definition) is 2. The Labute approximate surface area is 112 Å². The molecule has 0 bridgehead atoms. The lowest BCUT2D eigenvalue weighted by atomic mass is 10.2. The smallest absolute Gasteiger partial charge is 0.329 e. The number of nitrogens with one attached hydrogen (secondary N) is 2. The summed E-state index contributed by atoms with van der Waals surface area (Å²) in [5, 5.41) is 16.8. The molecule has 8 heteroatoms. The SMILES string of the molecule is CNc1ncc([N+](=O)[O-])c(NC(C)CCN(C)C)n1. The van der Waals surface area contributed by atoms with Crippen LogP contribution in [-0.4, -0.2) is 53.5 Å². The Morgan fingerprint density at radius 3 is 2.74 bits per heavy atom. The van der Waals surface area contributed by atoms with Crippen LogP contribution in [0.5, 0.6) is 0 Å². The highest BCUT2D eigenvalue weighted by Crippen LogP contribution is 2.22. The number of nitrogens with zero attached hydrogens (tertiary/aromatic N) is 4. The maximum absolute atomic E-state index is 10.9. The molecular formula is C11H20N6O2. The van der Waals surface area contributed by atoms with Crippen LogP contribution < -0.4 is 10.6 Å². The van der Waals surface area contributed by atoms with Gasteiger partial charge in [-0.25, -0.2) is 4.98 Å². The van der Waals surface area contributed by atoms with Crippen molar-refractivity contribution in [2.24, 2.45) is 0 Å². The lowest BCUT2D eigenvalue weighted by molar-refractivity contribution is -0.384. The molecule has 0 radical (unpaired) electrons. The van der Waals surface area contributed by atoms with E-state index in [1.165, 1.54) is 6.20 Å². The van der Waals surface area contributed by atoms with E-state index in [1.54, 1.807) is 7.05 Å². The van der Waals surface area contributed by atoms with Gasteiger partial charge in [0.2, 0.25) is 11.8 Å². The van der Waals surface area contributed by atoms with Crippen LogP contribution in [0.2, 0.25) is 0 Å². The molecule has 1 unspecified atom stereocenters. The molecule has 0 aliphatic carbocycles. The van der Waals surface area contributed by atoms with Crippen LogP contribution in [0, 0.1) is 10.1 Å². The van der Waals surface area contributed by atoms with E-state index in [4.69, 9.17) is 0 Å². The average molecular weight is 268 g/mol. The quantitative estimate of drug-likeness (QED) is 0.566. The van der Waals surface area contributed by atoms with Gasteiger partial charge in [-0.1, -0.05) is 0 Å².